The highest BCUT2D eigenvalue weighted by molar-refractivity contribution is 7.99. The number of nitrogens with zero attached hydrogens (tertiary/aromatic N) is 2. The Balaban J connectivity index is 2.50. The number of fused-ring (bicyclic) bond motifs is 1. The van der Waals surface area contributed by atoms with E-state index in [-0.39, 0.29) is 5.75 Å². The van der Waals surface area contributed by atoms with Gasteiger partial charge in [0.05, 0.1) is 22.8 Å². The van der Waals surface area contributed by atoms with E-state index < -0.39 is 5.97 Å². The van der Waals surface area contributed by atoms with Gasteiger partial charge in [-0.1, -0.05) is 47.6 Å². The Morgan fingerprint density at radius 1 is 1.53 bits per heavy atom. The van der Waals surface area contributed by atoms with Crippen molar-refractivity contribution in [2.45, 2.75) is 11.7 Å². The molecule has 0 amide bonds. The van der Waals surface area contributed by atoms with Crippen molar-refractivity contribution >= 4 is 52.0 Å². The van der Waals surface area contributed by atoms with E-state index in [2.05, 4.69) is 11.6 Å². The van der Waals surface area contributed by atoms with Crippen LogP contribution in [0, 0.1) is 0 Å². The SMILES string of the molecule is C=C(Cl)Cn1c(SCC(=O)O)nc2c(Cl)cccc21. The molecule has 1 N–H and O–H groups in total. The van der Waals surface area contributed by atoms with Crippen LogP contribution >= 0.6 is 35.0 Å². The van der Waals surface area contributed by atoms with Crippen LogP contribution in [0.15, 0.2) is 35.0 Å². The van der Waals surface area contributed by atoms with Crippen LogP contribution in [0.1, 0.15) is 0 Å². The largest absolute Gasteiger partial charge is 0.481 e. The van der Waals surface area contributed by atoms with Crippen LogP contribution in [0.4, 0.5) is 0 Å². The van der Waals surface area contributed by atoms with Gasteiger partial charge in [0.1, 0.15) is 5.52 Å². The summed E-state index contributed by atoms with van der Waals surface area (Å²) in [6.45, 7) is 4.02. The van der Waals surface area contributed by atoms with Crippen molar-refractivity contribution < 1.29 is 9.90 Å². The molecular weight excluding hydrogens is 307 g/mol. The zero-order valence-electron chi connectivity index (χ0n) is 9.77. The first-order valence-electron chi connectivity index (χ1n) is 5.31. The minimum absolute atomic E-state index is 0.0737. The monoisotopic (exact) mass is 316 g/mol. The van der Waals surface area contributed by atoms with E-state index in [0.29, 0.717) is 27.3 Å². The average molecular weight is 317 g/mol. The topological polar surface area (TPSA) is 55.1 Å². The molecule has 2 aromatic rings. The van der Waals surface area contributed by atoms with Gasteiger partial charge in [-0.3, -0.25) is 4.79 Å². The van der Waals surface area contributed by atoms with Crippen molar-refractivity contribution in [1.82, 2.24) is 9.55 Å². The van der Waals surface area contributed by atoms with Gasteiger partial charge in [-0.2, -0.15) is 0 Å². The van der Waals surface area contributed by atoms with E-state index in [9.17, 15) is 4.79 Å². The zero-order valence-corrected chi connectivity index (χ0v) is 12.1. The Morgan fingerprint density at radius 3 is 2.89 bits per heavy atom. The predicted molar refractivity (Wildman–Crippen MR) is 78.1 cm³/mol. The first kappa shape index (κ1) is 14.2. The summed E-state index contributed by atoms with van der Waals surface area (Å²) >= 11 is 13.1. The Morgan fingerprint density at radius 2 is 2.26 bits per heavy atom. The predicted octanol–water partition coefficient (Wildman–Crippen LogP) is 3.62. The van der Waals surface area contributed by atoms with Gasteiger partial charge in [-0.15, -0.1) is 0 Å². The summed E-state index contributed by atoms with van der Waals surface area (Å²) in [5, 5.41) is 10.3. The van der Waals surface area contributed by atoms with Gasteiger partial charge in [-0.05, 0) is 12.1 Å². The molecule has 1 heterocycles. The van der Waals surface area contributed by atoms with Crippen molar-refractivity contribution in [2.75, 3.05) is 5.75 Å². The Labute approximate surface area is 124 Å². The van der Waals surface area contributed by atoms with Crippen molar-refractivity contribution in [3.8, 4) is 0 Å². The van der Waals surface area contributed by atoms with Crippen molar-refractivity contribution in [2.24, 2.45) is 0 Å². The first-order valence-corrected chi connectivity index (χ1v) is 7.06. The lowest BCUT2D eigenvalue weighted by molar-refractivity contribution is -0.133. The quantitative estimate of drug-likeness (QED) is 0.856. The third-order valence-corrected chi connectivity index (χ3v) is 3.73. The van der Waals surface area contributed by atoms with Crippen LogP contribution in [-0.2, 0) is 11.3 Å². The minimum Gasteiger partial charge on any atom is -0.481 e. The van der Waals surface area contributed by atoms with E-state index in [4.69, 9.17) is 28.3 Å². The van der Waals surface area contributed by atoms with Gasteiger partial charge >= 0.3 is 5.97 Å². The molecule has 100 valence electrons. The minimum atomic E-state index is -0.903. The van der Waals surface area contributed by atoms with Gasteiger partial charge in [0, 0.05) is 5.03 Å². The highest BCUT2D eigenvalue weighted by atomic mass is 35.5. The standard InChI is InChI=1S/C12H10Cl2N2O2S/c1-7(13)5-16-9-4-2-3-8(14)11(9)15-12(16)19-6-10(17)18/h2-4H,1,5-6H2,(H,17,18). The maximum atomic E-state index is 10.7. The Kier molecular flexibility index (Phi) is 4.39. The summed E-state index contributed by atoms with van der Waals surface area (Å²) in [7, 11) is 0. The molecule has 0 unspecified atom stereocenters. The lowest BCUT2D eigenvalue weighted by Gasteiger charge is -2.06. The molecule has 0 saturated carbocycles. The average Bonchev–Trinajstić information content (AvgIpc) is 2.66. The van der Waals surface area contributed by atoms with E-state index >= 15 is 0 Å². The normalized spacial score (nSPS) is 10.8. The number of aromatic nitrogens is 2. The van der Waals surface area contributed by atoms with Crippen molar-refractivity contribution in [3.63, 3.8) is 0 Å². The molecule has 7 heteroatoms. The van der Waals surface area contributed by atoms with Crippen LogP contribution in [-0.4, -0.2) is 26.4 Å². The third kappa shape index (κ3) is 3.23. The van der Waals surface area contributed by atoms with E-state index in [1.165, 1.54) is 0 Å². The summed E-state index contributed by atoms with van der Waals surface area (Å²) in [5.41, 5.74) is 1.44. The number of hydrogen-bond acceptors (Lipinski definition) is 3. The molecule has 0 fully saturated rings. The number of imidazole rings is 1. The molecule has 0 aliphatic carbocycles. The van der Waals surface area contributed by atoms with Gasteiger partial charge in [0.25, 0.3) is 0 Å². The number of benzene rings is 1. The van der Waals surface area contributed by atoms with Gasteiger partial charge < -0.3 is 9.67 Å². The second-order valence-corrected chi connectivity index (χ2v) is 5.67. The number of allylic oxidation sites excluding steroid dienone is 1. The van der Waals surface area contributed by atoms with Gasteiger partial charge in [0.2, 0.25) is 0 Å². The smallest absolute Gasteiger partial charge is 0.313 e. The molecule has 0 saturated heterocycles. The van der Waals surface area contributed by atoms with E-state index in [1.807, 2.05) is 16.7 Å². The molecule has 0 aliphatic rings. The molecule has 1 aromatic heterocycles. The summed E-state index contributed by atoms with van der Waals surface area (Å²) < 4.78 is 1.81. The fourth-order valence-corrected chi connectivity index (χ4v) is 2.71. The second-order valence-electron chi connectivity index (χ2n) is 3.79. The van der Waals surface area contributed by atoms with Crippen molar-refractivity contribution in [1.29, 1.82) is 0 Å². The van der Waals surface area contributed by atoms with Crippen LogP contribution in [0.2, 0.25) is 5.02 Å². The molecular formula is C12H10Cl2N2O2S. The Bertz CT molecular complexity index is 654. The molecule has 1 aromatic carbocycles. The molecule has 2 rings (SSSR count). The maximum Gasteiger partial charge on any atom is 0.313 e. The number of aliphatic carboxylic acids is 1. The fourth-order valence-electron chi connectivity index (χ4n) is 1.65. The zero-order chi connectivity index (χ0) is 14.0. The van der Waals surface area contributed by atoms with E-state index in [1.54, 1.807) is 6.07 Å². The summed E-state index contributed by atoms with van der Waals surface area (Å²) in [4.78, 5) is 15.0. The lowest BCUT2D eigenvalue weighted by atomic mass is 10.3. The summed E-state index contributed by atoms with van der Waals surface area (Å²) in [6.07, 6.45) is 0. The van der Waals surface area contributed by atoms with Gasteiger partial charge in [-0.25, -0.2) is 4.98 Å². The van der Waals surface area contributed by atoms with Crippen LogP contribution in [0.3, 0.4) is 0 Å². The molecule has 0 aliphatic heterocycles. The second kappa shape index (κ2) is 5.86. The third-order valence-electron chi connectivity index (χ3n) is 2.35. The highest BCUT2D eigenvalue weighted by Gasteiger charge is 2.14. The summed E-state index contributed by atoms with van der Waals surface area (Å²) in [5.74, 6) is -0.977. The Hall–Kier alpha value is -1.17. The number of halogens is 2. The number of hydrogen-bond donors (Lipinski definition) is 1. The molecule has 19 heavy (non-hydrogen) atoms. The number of carbonyl (C=O) groups is 1. The number of thioether (sulfide) groups is 1. The fraction of sp³-hybridized carbons (Fsp3) is 0.167. The molecule has 0 radical (unpaired) electrons. The maximum absolute atomic E-state index is 10.7. The molecule has 4 nitrogen and oxygen atoms in total. The van der Waals surface area contributed by atoms with Crippen LogP contribution in [0.5, 0.6) is 0 Å². The van der Waals surface area contributed by atoms with Gasteiger partial charge in [0.15, 0.2) is 5.16 Å². The summed E-state index contributed by atoms with van der Waals surface area (Å²) in [6, 6.07) is 5.41. The van der Waals surface area contributed by atoms with Crippen molar-refractivity contribution in [3.05, 3.63) is 34.8 Å². The lowest BCUT2D eigenvalue weighted by Crippen LogP contribution is -2.03. The number of para-hydroxylation sites is 1. The van der Waals surface area contributed by atoms with Crippen LogP contribution < -0.4 is 0 Å². The highest BCUT2D eigenvalue weighted by Crippen LogP contribution is 2.29. The first-order chi connectivity index (χ1) is 8.99. The van der Waals surface area contributed by atoms with E-state index in [0.717, 1.165) is 17.3 Å². The number of carboxylic acids is 1. The molecule has 0 bridgehead atoms. The molecule has 0 atom stereocenters. The number of rotatable bonds is 5. The molecule has 0 spiro atoms. The van der Waals surface area contributed by atoms with Crippen LogP contribution in [0.25, 0.3) is 11.0 Å². The number of carboxylic acid groups (broad SMARTS) is 1.